The van der Waals surface area contributed by atoms with Gasteiger partial charge in [0.05, 0.1) is 0 Å². The monoisotopic (exact) mass is 211 g/mol. The summed E-state index contributed by atoms with van der Waals surface area (Å²) in [5, 5.41) is 2.07. The maximum Gasteiger partial charge on any atom is 0.0239 e. The van der Waals surface area contributed by atoms with E-state index in [4.69, 9.17) is 0 Å². The van der Waals surface area contributed by atoms with Crippen LogP contribution in [0, 0.1) is 0 Å². The summed E-state index contributed by atoms with van der Waals surface area (Å²) in [5.41, 5.74) is 4.88. The number of rotatable bonds is 4. The Kier molecular flexibility index (Phi) is 5.29. The van der Waals surface area contributed by atoms with E-state index in [2.05, 4.69) is 49.4 Å². The SMILES string of the molecule is CC(C)=CCN1CCC(NN(C)C)CC1. The third-order valence-corrected chi connectivity index (χ3v) is 2.79. The number of hydrogen-bond acceptors (Lipinski definition) is 3. The van der Waals surface area contributed by atoms with Crippen molar-refractivity contribution in [2.75, 3.05) is 33.7 Å². The molecule has 0 spiro atoms. The summed E-state index contributed by atoms with van der Waals surface area (Å²) in [6.07, 6.45) is 4.84. The number of hydrogen-bond donors (Lipinski definition) is 1. The fourth-order valence-electron chi connectivity index (χ4n) is 1.92. The van der Waals surface area contributed by atoms with E-state index in [1.54, 1.807) is 0 Å². The van der Waals surface area contributed by atoms with Gasteiger partial charge in [-0.1, -0.05) is 11.6 Å². The number of hydrazine groups is 1. The van der Waals surface area contributed by atoms with Crippen LogP contribution in [-0.2, 0) is 0 Å². The molecule has 0 atom stereocenters. The molecule has 88 valence electrons. The lowest BCUT2D eigenvalue weighted by molar-refractivity contribution is 0.156. The molecule has 0 amide bonds. The average Bonchev–Trinajstić information content (AvgIpc) is 2.16. The van der Waals surface area contributed by atoms with Crippen molar-refractivity contribution in [1.29, 1.82) is 0 Å². The Morgan fingerprint density at radius 2 is 1.93 bits per heavy atom. The summed E-state index contributed by atoms with van der Waals surface area (Å²) in [7, 11) is 4.13. The van der Waals surface area contributed by atoms with Gasteiger partial charge in [-0.2, -0.15) is 0 Å². The van der Waals surface area contributed by atoms with Crippen LogP contribution in [0.4, 0.5) is 0 Å². The Balaban J connectivity index is 2.21. The molecular weight excluding hydrogens is 186 g/mol. The molecule has 1 aliphatic rings. The van der Waals surface area contributed by atoms with Crippen LogP contribution in [0.1, 0.15) is 26.7 Å². The van der Waals surface area contributed by atoms with Crippen LogP contribution in [0.25, 0.3) is 0 Å². The predicted molar refractivity (Wildman–Crippen MR) is 65.7 cm³/mol. The van der Waals surface area contributed by atoms with Crippen molar-refractivity contribution >= 4 is 0 Å². The van der Waals surface area contributed by atoms with Crippen LogP contribution in [0.15, 0.2) is 11.6 Å². The van der Waals surface area contributed by atoms with Crippen LogP contribution in [0.2, 0.25) is 0 Å². The zero-order chi connectivity index (χ0) is 11.3. The van der Waals surface area contributed by atoms with E-state index >= 15 is 0 Å². The minimum absolute atomic E-state index is 0.669. The van der Waals surface area contributed by atoms with E-state index < -0.39 is 0 Å². The van der Waals surface area contributed by atoms with Crippen molar-refractivity contribution in [1.82, 2.24) is 15.3 Å². The molecule has 1 aliphatic heterocycles. The maximum absolute atomic E-state index is 3.46. The van der Waals surface area contributed by atoms with Gasteiger partial charge in [0.15, 0.2) is 0 Å². The summed E-state index contributed by atoms with van der Waals surface area (Å²) in [6.45, 7) is 7.89. The molecule has 0 aliphatic carbocycles. The van der Waals surface area contributed by atoms with Crippen LogP contribution in [0.5, 0.6) is 0 Å². The molecule has 1 heterocycles. The van der Waals surface area contributed by atoms with Crippen LogP contribution < -0.4 is 5.43 Å². The Morgan fingerprint density at radius 3 is 2.40 bits per heavy atom. The first kappa shape index (κ1) is 12.7. The van der Waals surface area contributed by atoms with Gasteiger partial charge >= 0.3 is 0 Å². The number of likely N-dealkylation sites (tertiary alicyclic amines) is 1. The third-order valence-electron chi connectivity index (χ3n) is 2.79. The molecule has 0 unspecified atom stereocenters. The van der Waals surface area contributed by atoms with Crippen molar-refractivity contribution in [3.8, 4) is 0 Å². The molecule has 3 nitrogen and oxygen atoms in total. The Hall–Kier alpha value is -0.380. The fourth-order valence-corrected chi connectivity index (χ4v) is 1.92. The summed E-state index contributed by atoms with van der Waals surface area (Å²) < 4.78 is 0. The molecule has 1 rings (SSSR count). The second-order valence-corrected chi connectivity index (χ2v) is 4.88. The van der Waals surface area contributed by atoms with Gasteiger partial charge < -0.3 is 0 Å². The highest BCUT2D eigenvalue weighted by Crippen LogP contribution is 2.10. The van der Waals surface area contributed by atoms with Gasteiger partial charge in [-0.15, -0.1) is 0 Å². The Labute approximate surface area is 94.1 Å². The highest BCUT2D eigenvalue weighted by molar-refractivity contribution is 4.95. The summed E-state index contributed by atoms with van der Waals surface area (Å²) in [5.74, 6) is 0. The first-order valence-corrected chi connectivity index (χ1v) is 5.87. The largest absolute Gasteiger partial charge is 0.300 e. The molecule has 0 aromatic rings. The fraction of sp³-hybridized carbons (Fsp3) is 0.833. The molecule has 3 heteroatoms. The molecule has 1 N–H and O–H groups in total. The first-order valence-electron chi connectivity index (χ1n) is 5.87. The van der Waals surface area contributed by atoms with Gasteiger partial charge in [-0.05, 0) is 39.8 Å². The van der Waals surface area contributed by atoms with Crippen molar-refractivity contribution in [3.05, 3.63) is 11.6 Å². The number of nitrogens with one attached hydrogen (secondary N) is 1. The zero-order valence-corrected chi connectivity index (χ0v) is 10.6. The van der Waals surface area contributed by atoms with Crippen molar-refractivity contribution in [2.45, 2.75) is 32.7 Å². The molecular formula is C12H25N3. The minimum Gasteiger partial charge on any atom is -0.300 e. The van der Waals surface area contributed by atoms with E-state index in [1.807, 2.05) is 0 Å². The maximum atomic E-state index is 3.46. The summed E-state index contributed by atoms with van der Waals surface area (Å²) in [6, 6.07) is 0.669. The van der Waals surface area contributed by atoms with Crippen LogP contribution in [0.3, 0.4) is 0 Å². The van der Waals surface area contributed by atoms with E-state index in [0.717, 1.165) is 6.54 Å². The molecule has 0 saturated carbocycles. The third kappa shape index (κ3) is 5.30. The van der Waals surface area contributed by atoms with Gasteiger partial charge in [0, 0.05) is 26.7 Å². The second kappa shape index (κ2) is 6.26. The quantitative estimate of drug-likeness (QED) is 0.561. The van der Waals surface area contributed by atoms with Gasteiger partial charge in [0.1, 0.15) is 0 Å². The van der Waals surface area contributed by atoms with Gasteiger partial charge in [0.2, 0.25) is 0 Å². The second-order valence-electron chi connectivity index (χ2n) is 4.88. The minimum atomic E-state index is 0.669. The van der Waals surface area contributed by atoms with E-state index in [1.165, 1.54) is 31.5 Å². The molecule has 1 fully saturated rings. The van der Waals surface area contributed by atoms with Crippen LogP contribution >= 0.6 is 0 Å². The molecule has 15 heavy (non-hydrogen) atoms. The van der Waals surface area contributed by atoms with Gasteiger partial charge in [-0.3, -0.25) is 15.3 Å². The summed E-state index contributed by atoms with van der Waals surface area (Å²) >= 11 is 0. The van der Waals surface area contributed by atoms with E-state index in [-0.39, 0.29) is 0 Å². The standard InChI is InChI=1S/C12H25N3/c1-11(2)5-8-15-9-6-12(7-10-15)13-14(3)4/h5,12-13H,6-10H2,1-4H3. The molecule has 0 aromatic carbocycles. The van der Waals surface area contributed by atoms with Gasteiger partial charge in [-0.25, -0.2) is 0 Å². The number of nitrogens with zero attached hydrogens (tertiary/aromatic N) is 2. The van der Waals surface area contributed by atoms with Crippen molar-refractivity contribution in [3.63, 3.8) is 0 Å². The molecule has 0 radical (unpaired) electrons. The van der Waals surface area contributed by atoms with Gasteiger partial charge in [0.25, 0.3) is 0 Å². The Morgan fingerprint density at radius 1 is 1.33 bits per heavy atom. The predicted octanol–water partition coefficient (Wildman–Crippen LogP) is 1.48. The van der Waals surface area contributed by atoms with E-state index in [0.29, 0.717) is 6.04 Å². The molecule has 1 saturated heterocycles. The number of allylic oxidation sites excluding steroid dienone is 1. The highest BCUT2D eigenvalue weighted by Gasteiger charge is 2.18. The highest BCUT2D eigenvalue weighted by atomic mass is 15.5. The zero-order valence-electron chi connectivity index (χ0n) is 10.6. The number of piperidine rings is 1. The Bertz CT molecular complexity index is 199. The molecule has 0 bridgehead atoms. The van der Waals surface area contributed by atoms with Crippen LogP contribution in [-0.4, -0.2) is 49.7 Å². The normalized spacial score (nSPS) is 19.5. The van der Waals surface area contributed by atoms with Crippen molar-refractivity contribution < 1.29 is 0 Å². The topological polar surface area (TPSA) is 18.5 Å². The molecule has 0 aromatic heterocycles. The lowest BCUT2D eigenvalue weighted by Gasteiger charge is -2.33. The summed E-state index contributed by atoms with van der Waals surface area (Å²) in [4.78, 5) is 2.53. The average molecular weight is 211 g/mol. The lowest BCUT2D eigenvalue weighted by atomic mass is 10.1. The van der Waals surface area contributed by atoms with Crippen molar-refractivity contribution in [2.24, 2.45) is 0 Å². The first-order chi connectivity index (χ1) is 7.08. The lowest BCUT2D eigenvalue weighted by Crippen LogP contribution is -2.47. The van der Waals surface area contributed by atoms with E-state index in [9.17, 15) is 0 Å². The smallest absolute Gasteiger partial charge is 0.0239 e.